The topological polar surface area (TPSA) is 259 Å². The summed E-state index contributed by atoms with van der Waals surface area (Å²) in [5, 5.41) is 39.8. The molecule has 1 saturated heterocycles. The number of methoxy groups -OCH3 is 3. The van der Waals surface area contributed by atoms with E-state index in [1.807, 2.05) is 165 Å². The number of hydrogen-bond donors (Lipinski definition) is 4. The lowest BCUT2D eigenvalue weighted by molar-refractivity contribution is 0.00578. The van der Waals surface area contributed by atoms with E-state index in [0.29, 0.717) is 5.46 Å². The fourth-order valence-corrected chi connectivity index (χ4v) is 10.8. The molecule has 7 aromatic heterocycles. The molecule has 11 aromatic rings. The number of phenolic OH excluding ortho intramolecular Hbond substituents is 1. The van der Waals surface area contributed by atoms with Gasteiger partial charge in [-0.1, -0.05) is 102 Å². The minimum atomic E-state index is -1.41. The number of rotatable bonds is 10. The van der Waals surface area contributed by atoms with Crippen molar-refractivity contribution in [2.75, 3.05) is 21.3 Å². The molecule has 0 spiro atoms. The van der Waals surface area contributed by atoms with Gasteiger partial charge in [-0.2, -0.15) is 15.3 Å². The van der Waals surface area contributed by atoms with Crippen LogP contribution in [0.15, 0.2) is 187 Å². The highest BCUT2D eigenvalue weighted by molar-refractivity contribution is 14.1. The molecule has 111 heavy (non-hydrogen) atoms. The Morgan fingerprint density at radius 1 is 0.477 bits per heavy atom. The summed E-state index contributed by atoms with van der Waals surface area (Å²) in [5.74, 6) is 2.47. The van der Waals surface area contributed by atoms with Crippen LogP contribution < -0.4 is 47.4 Å². The Morgan fingerprint density at radius 3 is 1.16 bits per heavy atom. The van der Waals surface area contributed by atoms with E-state index in [9.17, 15) is 24.3 Å². The van der Waals surface area contributed by atoms with Gasteiger partial charge in [-0.3, -0.25) is 46.9 Å². The normalized spacial score (nSPS) is 11.4. The first-order valence-corrected chi connectivity index (χ1v) is 35.5. The van der Waals surface area contributed by atoms with E-state index < -0.39 is 7.12 Å². The predicted molar refractivity (Wildman–Crippen MR) is 480 cm³/mol. The Bertz CT molecular complexity index is 4950. The summed E-state index contributed by atoms with van der Waals surface area (Å²) in [6.45, 7) is 27.7. The third-order valence-corrected chi connectivity index (χ3v) is 18.3. The Hall–Kier alpha value is -8.83. The molecule has 608 valence electrons. The fourth-order valence-electron chi connectivity index (χ4n) is 10.3. The zero-order valence-electron chi connectivity index (χ0n) is 61.9. The maximum absolute atomic E-state index is 12.4. The lowest BCUT2D eigenvalue weighted by Crippen LogP contribution is -2.41. The molecule has 0 aliphatic carbocycles. The van der Waals surface area contributed by atoms with Crippen LogP contribution in [-0.2, 0) is 30.5 Å². The summed E-state index contributed by atoms with van der Waals surface area (Å²) < 4.78 is 39.9. The van der Waals surface area contributed by atoms with Crippen LogP contribution in [0.5, 0.6) is 23.0 Å². The van der Waals surface area contributed by atoms with Crippen molar-refractivity contribution in [2.45, 2.75) is 171 Å². The number of halogens is 3. The maximum Gasteiger partial charge on any atom is 0.498 e. The van der Waals surface area contributed by atoms with Gasteiger partial charge in [0.2, 0.25) is 5.56 Å². The van der Waals surface area contributed by atoms with Crippen LogP contribution in [0.3, 0.4) is 0 Å². The number of pyridine rings is 4. The first-order chi connectivity index (χ1) is 48.4. The Labute approximate surface area is 691 Å². The van der Waals surface area contributed by atoms with Crippen LogP contribution in [0, 0.1) is 55.4 Å². The number of aromatic amines is 1. The first kappa shape index (κ1) is 106. The van der Waals surface area contributed by atoms with E-state index >= 15 is 0 Å². The van der Waals surface area contributed by atoms with Gasteiger partial charge in [0.1, 0.15) is 23.0 Å². The van der Waals surface area contributed by atoms with Crippen LogP contribution >= 0.6 is 54.5 Å². The standard InChI is InChI=1S/C18H19N3O2.C17H17N3O2.C14H14BrNO2.C10H17BN2O2.C8H11BO3.C6H6BrNO.C3H7I.8CH4/c1-12-8-18(22)21(11-16(12)14-9-19-20(3)10-14)17-6-5-15(23-4)7-13(17)2;1-11-7-17(22)20(16-5-4-14(21)6-12(16)2)10-15(11)13-8-18-19(3)9-13;1-9-7-14(17)16(8-12(9)15)13-5-4-11(18-3)6-10(13)2;1-9(2)10(3,4)15-11(14-9)8-6-12-13(5)7-8;1-6-5-7(12-2)3-4-8(6)9(10)11;1-4-2-6(9)8-3-5(4)7;1-3(2)4;;;;;;;;/h5-11H,1-4H3;4-10,21H,1-3H3;4-8H,1-3H3;6-7H,1-5H3;3-5,10-11H,1-2H3;2-3H,1H3,(H,8,9);3H,1-2H3;8*1H4. The fraction of sp³-hybridized carbons (Fsp3) is 0.369. The van der Waals surface area contributed by atoms with Crippen molar-refractivity contribution in [3.63, 3.8) is 0 Å². The van der Waals surface area contributed by atoms with Crippen LogP contribution in [0.25, 0.3) is 39.3 Å². The second-order valence-electron chi connectivity index (χ2n) is 25.7. The minimum absolute atomic E-state index is 0. The smallest absolute Gasteiger partial charge is 0.498 e. The summed E-state index contributed by atoms with van der Waals surface area (Å²) in [5.41, 5.74) is 14.4. The molecular weight excluding hydrogens is 1650 g/mol. The van der Waals surface area contributed by atoms with Crippen LogP contribution in [0.1, 0.15) is 145 Å². The molecule has 27 heteroatoms. The zero-order valence-corrected chi connectivity index (χ0v) is 67.2. The Kier molecular flexibility index (Phi) is 45.5. The van der Waals surface area contributed by atoms with Crippen LogP contribution in [0.2, 0.25) is 0 Å². The quantitative estimate of drug-likeness (QED) is 0.0564. The number of hydrogen-bond acceptors (Lipinski definition) is 15. The molecule has 1 aliphatic heterocycles. The first-order valence-electron chi connectivity index (χ1n) is 32.6. The van der Waals surface area contributed by atoms with E-state index in [1.54, 1.807) is 148 Å². The zero-order chi connectivity index (χ0) is 76.5. The van der Waals surface area contributed by atoms with Crippen LogP contribution in [-0.4, -0.2) is 114 Å². The van der Waals surface area contributed by atoms with E-state index in [-0.39, 0.29) is 106 Å². The van der Waals surface area contributed by atoms with E-state index in [1.165, 1.54) is 0 Å². The molecule has 1 fully saturated rings. The van der Waals surface area contributed by atoms with Gasteiger partial charge in [-0.15, -0.1) is 0 Å². The lowest BCUT2D eigenvalue weighted by atomic mass is 9.77. The molecule has 8 heterocycles. The van der Waals surface area contributed by atoms with E-state index in [4.69, 9.17) is 33.6 Å². The van der Waals surface area contributed by atoms with Crippen molar-refractivity contribution in [1.82, 2.24) is 48.0 Å². The van der Waals surface area contributed by atoms with E-state index in [0.717, 1.165) is 119 Å². The van der Waals surface area contributed by atoms with Crippen molar-refractivity contribution in [3.05, 3.63) is 254 Å². The second-order valence-corrected chi connectivity index (χ2v) is 29.9. The number of H-pyrrole nitrogens is 1. The highest BCUT2D eigenvalue weighted by Crippen LogP contribution is 2.36. The van der Waals surface area contributed by atoms with Gasteiger partial charge in [0.15, 0.2) is 0 Å². The number of benzene rings is 4. The van der Waals surface area contributed by atoms with E-state index in [2.05, 4.69) is 88.6 Å². The molecule has 4 aromatic carbocycles. The molecule has 4 N–H and O–H groups in total. The number of alkyl halides is 1. The highest BCUT2D eigenvalue weighted by Gasteiger charge is 2.52. The number of nitrogens with zero attached hydrogens (tertiary/aromatic N) is 9. The summed E-state index contributed by atoms with van der Waals surface area (Å²) in [6.07, 6.45) is 18.3. The third kappa shape index (κ3) is 29.3. The van der Waals surface area contributed by atoms with Gasteiger partial charge in [0.05, 0.1) is 62.0 Å². The molecular formula is C84H123B2Br2IN10O12. The molecule has 0 saturated carbocycles. The van der Waals surface area contributed by atoms with Gasteiger partial charge in [-0.05, 0) is 232 Å². The molecule has 1 aliphatic rings. The van der Waals surface area contributed by atoms with Crippen LogP contribution in [0.4, 0.5) is 0 Å². The maximum atomic E-state index is 12.4. The lowest BCUT2D eigenvalue weighted by Gasteiger charge is -2.32. The SMILES string of the molecule is C.C.C.C.C.C.C.C.CC(C)I.COc1ccc(-n2cc(-c3cnn(C)c3)c(C)cc2=O)c(C)c1.COc1ccc(-n2cc(Br)c(C)cc2=O)c(C)c1.COc1ccc(B(O)O)c(C)c1.Cc1cc(=O)[nH]cc1Br.Cc1cc(=O)n(-c2ccc(O)cc2C)cc1-c1cnn(C)c1.Cn1cc(B2OC(C)(C)C(C)(C)O2)cn1. The summed E-state index contributed by atoms with van der Waals surface area (Å²) in [7, 11) is 8.75. The summed E-state index contributed by atoms with van der Waals surface area (Å²) in [6, 6.07) is 27.8. The number of ether oxygens (including phenoxy) is 3. The predicted octanol–water partition coefficient (Wildman–Crippen LogP) is 17.4. The number of aromatic hydroxyl groups is 1. The monoisotopic (exact) mass is 1770 g/mol. The number of aromatic nitrogens is 10. The Balaban J connectivity index is -0.00000126. The number of phenols is 1. The van der Waals surface area contributed by atoms with Gasteiger partial charge in [-0.25, -0.2) is 0 Å². The third-order valence-electron chi connectivity index (χ3n) is 16.6. The Morgan fingerprint density at radius 2 is 0.829 bits per heavy atom. The number of nitrogens with one attached hydrogen (secondary N) is 1. The van der Waals surface area contributed by atoms with Crippen molar-refractivity contribution in [1.29, 1.82) is 0 Å². The average Bonchev–Trinajstić information content (AvgIpc) is 1.68. The van der Waals surface area contributed by atoms with Gasteiger partial charge >= 0.3 is 14.2 Å². The van der Waals surface area contributed by atoms with Crippen molar-refractivity contribution < 1.29 is 38.7 Å². The molecule has 0 unspecified atom stereocenters. The summed E-state index contributed by atoms with van der Waals surface area (Å²) in [4.78, 5) is 49.9. The molecule has 0 radical (unpaired) electrons. The molecule has 0 bridgehead atoms. The summed E-state index contributed by atoms with van der Waals surface area (Å²) >= 11 is 9.05. The molecule has 0 amide bonds. The second kappa shape index (κ2) is 47.5. The largest absolute Gasteiger partial charge is 0.508 e. The van der Waals surface area contributed by atoms with Crippen molar-refractivity contribution in [2.24, 2.45) is 21.1 Å². The molecule has 22 nitrogen and oxygen atoms in total. The highest BCUT2D eigenvalue weighted by atomic mass is 127. The van der Waals surface area contributed by atoms with Gasteiger partial charge in [0, 0.05) is 136 Å². The molecule has 0 atom stereocenters. The van der Waals surface area contributed by atoms with Gasteiger partial charge in [0.25, 0.3) is 16.7 Å². The van der Waals surface area contributed by atoms with Crippen molar-refractivity contribution in [3.8, 4) is 62.3 Å². The van der Waals surface area contributed by atoms with Gasteiger partial charge < -0.3 is 43.7 Å². The number of aryl methyl sites for hydroxylation is 11. The van der Waals surface area contributed by atoms with Crippen molar-refractivity contribution >= 4 is 79.6 Å². The average molecular weight is 1770 g/mol. The molecule has 12 rings (SSSR count). The minimum Gasteiger partial charge on any atom is -0.508 e.